The number of fused-ring (bicyclic) bond motifs is 1. The fraction of sp³-hybridized carbons (Fsp3) is 0.368. The third kappa shape index (κ3) is 3.85. The molecule has 1 aromatic carbocycles. The van der Waals surface area contributed by atoms with Crippen LogP contribution in [0.15, 0.2) is 35.4 Å². The maximum absolute atomic E-state index is 12.8. The summed E-state index contributed by atoms with van der Waals surface area (Å²) in [6, 6.07) is 7.55. The normalized spacial score (nSPS) is 14.5. The fourth-order valence-corrected chi connectivity index (χ4v) is 4.27. The van der Waals surface area contributed by atoms with Gasteiger partial charge in [0, 0.05) is 18.8 Å². The van der Waals surface area contributed by atoms with Gasteiger partial charge in [0.05, 0.1) is 0 Å². The number of hydrogen-bond acceptors (Lipinski definition) is 6. The first-order valence-electron chi connectivity index (χ1n) is 9.07. The first-order valence-corrected chi connectivity index (χ1v) is 9.89. The van der Waals surface area contributed by atoms with Crippen LogP contribution in [0.5, 0.6) is 0 Å². The quantitative estimate of drug-likeness (QED) is 0.749. The molecular formula is C19H21N5O2S. The van der Waals surface area contributed by atoms with Crippen LogP contribution in [0, 0.1) is 6.92 Å². The van der Waals surface area contributed by atoms with E-state index in [1.54, 1.807) is 0 Å². The Morgan fingerprint density at radius 3 is 2.85 bits per heavy atom. The van der Waals surface area contributed by atoms with Crippen LogP contribution in [0.4, 0.5) is 10.8 Å². The number of nitrogens with one attached hydrogen (secondary N) is 1. The summed E-state index contributed by atoms with van der Waals surface area (Å²) >= 11 is 1.36. The molecule has 3 heterocycles. The number of carbonyl (C=O) groups excluding carboxylic acids is 1. The predicted octanol–water partition coefficient (Wildman–Crippen LogP) is 2.79. The number of aryl methyl sites for hydroxylation is 1. The summed E-state index contributed by atoms with van der Waals surface area (Å²) in [6.45, 7) is 3.81. The number of carbonyl (C=O) groups is 1. The molecule has 4 rings (SSSR count). The summed E-state index contributed by atoms with van der Waals surface area (Å²) in [4.78, 5) is 36.1. The van der Waals surface area contributed by atoms with Gasteiger partial charge in [-0.1, -0.05) is 23.5 Å². The van der Waals surface area contributed by atoms with Gasteiger partial charge in [-0.3, -0.25) is 14.2 Å². The second-order valence-electron chi connectivity index (χ2n) is 6.79. The Kier molecular flexibility index (Phi) is 4.89. The van der Waals surface area contributed by atoms with Crippen molar-refractivity contribution in [3.05, 3.63) is 46.5 Å². The van der Waals surface area contributed by atoms with Crippen molar-refractivity contribution >= 4 is 38.4 Å². The number of anilines is 2. The SMILES string of the molecule is Cc1cccc(NC(=O)Cn2cnc3nc(N4CCCCC4)sc3c2=O)c1. The maximum atomic E-state index is 12.8. The number of hydrogen-bond donors (Lipinski definition) is 1. The molecule has 1 fully saturated rings. The lowest BCUT2D eigenvalue weighted by Gasteiger charge is -2.25. The van der Waals surface area contributed by atoms with Crippen LogP contribution >= 0.6 is 11.3 Å². The zero-order valence-electron chi connectivity index (χ0n) is 15.1. The highest BCUT2D eigenvalue weighted by atomic mass is 32.1. The van der Waals surface area contributed by atoms with Gasteiger partial charge in [-0.05, 0) is 43.9 Å². The average Bonchev–Trinajstić information content (AvgIpc) is 3.10. The zero-order chi connectivity index (χ0) is 18.8. The van der Waals surface area contributed by atoms with Gasteiger partial charge in [0.25, 0.3) is 5.56 Å². The molecule has 1 aliphatic heterocycles. The van der Waals surface area contributed by atoms with Gasteiger partial charge in [0.1, 0.15) is 17.6 Å². The minimum Gasteiger partial charge on any atom is -0.348 e. The Hall–Kier alpha value is -2.74. The second kappa shape index (κ2) is 7.48. The van der Waals surface area contributed by atoms with Crippen molar-refractivity contribution in [1.82, 2.24) is 14.5 Å². The van der Waals surface area contributed by atoms with Gasteiger partial charge in [-0.15, -0.1) is 0 Å². The number of thiazole rings is 1. The van der Waals surface area contributed by atoms with Crippen molar-refractivity contribution in [2.24, 2.45) is 0 Å². The van der Waals surface area contributed by atoms with Gasteiger partial charge < -0.3 is 10.2 Å². The van der Waals surface area contributed by atoms with E-state index in [1.807, 2.05) is 31.2 Å². The van der Waals surface area contributed by atoms with E-state index in [0.717, 1.165) is 36.6 Å². The first-order chi connectivity index (χ1) is 13.1. The van der Waals surface area contributed by atoms with Crippen molar-refractivity contribution in [2.75, 3.05) is 23.3 Å². The van der Waals surface area contributed by atoms with Crippen molar-refractivity contribution in [2.45, 2.75) is 32.7 Å². The standard InChI is InChI=1S/C19H21N5O2S/c1-13-6-5-7-14(10-13)21-15(25)11-24-12-20-17-16(18(24)26)27-19(22-17)23-8-3-2-4-9-23/h5-7,10,12H,2-4,8-9,11H2,1H3,(H,21,25). The van der Waals surface area contributed by atoms with E-state index in [9.17, 15) is 9.59 Å². The Balaban J connectivity index is 1.54. The van der Waals surface area contributed by atoms with E-state index in [1.165, 1.54) is 28.7 Å². The molecule has 8 heteroatoms. The van der Waals surface area contributed by atoms with Crippen molar-refractivity contribution in [1.29, 1.82) is 0 Å². The summed E-state index contributed by atoms with van der Waals surface area (Å²) in [7, 11) is 0. The van der Waals surface area contributed by atoms with Crippen molar-refractivity contribution in [3.63, 3.8) is 0 Å². The summed E-state index contributed by atoms with van der Waals surface area (Å²) in [6.07, 6.45) is 4.93. The monoisotopic (exact) mass is 383 g/mol. The molecule has 140 valence electrons. The highest BCUT2D eigenvalue weighted by molar-refractivity contribution is 7.22. The molecule has 1 saturated heterocycles. The van der Waals surface area contributed by atoms with Crippen molar-refractivity contribution < 1.29 is 4.79 Å². The minimum atomic E-state index is -0.260. The molecule has 1 amide bonds. The van der Waals surface area contributed by atoms with E-state index >= 15 is 0 Å². The minimum absolute atomic E-state index is 0.0767. The summed E-state index contributed by atoms with van der Waals surface area (Å²) in [5.74, 6) is -0.260. The number of rotatable bonds is 4. The van der Waals surface area contributed by atoms with E-state index in [-0.39, 0.29) is 18.0 Å². The Bertz CT molecular complexity index is 1040. The van der Waals surface area contributed by atoms with Crippen LogP contribution in [0.25, 0.3) is 10.3 Å². The third-order valence-electron chi connectivity index (χ3n) is 4.61. The Labute approximate surface area is 160 Å². The van der Waals surface area contributed by atoms with Gasteiger partial charge in [0.15, 0.2) is 10.8 Å². The lowest BCUT2D eigenvalue weighted by atomic mass is 10.1. The molecule has 0 bridgehead atoms. The number of aromatic nitrogens is 3. The lowest BCUT2D eigenvalue weighted by molar-refractivity contribution is -0.116. The van der Waals surface area contributed by atoms with Gasteiger partial charge in [-0.25, -0.2) is 4.98 Å². The molecule has 0 unspecified atom stereocenters. The molecule has 0 atom stereocenters. The van der Waals surface area contributed by atoms with Crippen molar-refractivity contribution in [3.8, 4) is 0 Å². The molecule has 3 aromatic rings. The Morgan fingerprint density at radius 2 is 2.07 bits per heavy atom. The highest BCUT2D eigenvalue weighted by Gasteiger charge is 2.18. The topological polar surface area (TPSA) is 80.1 Å². The molecule has 0 aliphatic carbocycles. The van der Waals surface area contributed by atoms with Crippen LogP contribution in [0.3, 0.4) is 0 Å². The zero-order valence-corrected chi connectivity index (χ0v) is 16.0. The Morgan fingerprint density at radius 1 is 1.26 bits per heavy atom. The van der Waals surface area contributed by atoms with E-state index in [2.05, 4.69) is 20.2 Å². The molecule has 0 saturated carbocycles. The number of benzene rings is 1. The number of amides is 1. The van der Waals surface area contributed by atoms with Crippen LogP contribution in [-0.2, 0) is 11.3 Å². The summed E-state index contributed by atoms with van der Waals surface area (Å²) < 4.78 is 1.84. The van der Waals surface area contributed by atoms with E-state index in [4.69, 9.17) is 0 Å². The van der Waals surface area contributed by atoms with Gasteiger partial charge >= 0.3 is 0 Å². The molecule has 0 spiro atoms. The molecule has 27 heavy (non-hydrogen) atoms. The summed E-state index contributed by atoms with van der Waals surface area (Å²) in [5, 5.41) is 3.66. The molecule has 1 N–H and O–H groups in total. The van der Waals surface area contributed by atoms with Crippen LogP contribution in [0.1, 0.15) is 24.8 Å². The molecule has 1 aliphatic rings. The van der Waals surface area contributed by atoms with Crippen LogP contribution in [-0.4, -0.2) is 33.5 Å². The second-order valence-corrected chi connectivity index (χ2v) is 7.77. The third-order valence-corrected chi connectivity index (χ3v) is 5.71. The van der Waals surface area contributed by atoms with Gasteiger partial charge in [0.2, 0.25) is 5.91 Å². The molecule has 0 radical (unpaired) electrons. The highest BCUT2D eigenvalue weighted by Crippen LogP contribution is 2.27. The van der Waals surface area contributed by atoms with Crippen LogP contribution in [0.2, 0.25) is 0 Å². The predicted molar refractivity (Wildman–Crippen MR) is 108 cm³/mol. The smallest absolute Gasteiger partial charge is 0.273 e. The average molecular weight is 383 g/mol. The number of piperidine rings is 1. The maximum Gasteiger partial charge on any atom is 0.273 e. The fourth-order valence-electron chi connectivity index (χ4n) is 3.25. The van der Waals surface area contributed by atoms with E-state index in [0.29, 0.717) is 16.0 Å². The van der Waals surface area contributed by atoms with Crippen LogP contribution < -0.4 is 15.8 Å². The molecule has 2 aromatic heterocycles. The molecule has 7 nitrogen and oxygen atoms in total. The first kappa shape index (κ1) is 17.7. The lowest BCUT2D eigenvalue weighted by Crippen LogP contribution is -2.29. The number of nitrogens with zero attached hydrogens (tertiary/aromatic N) is 4. The largest absolute Gasteiger partial charge is 0.348 e. The van der Waals surface area contributed by atoms with E-state index < -0.39 is 0 Å². The summed E-state index contributed by atoms with van der Waals surface area (Å²) in [5.41, 5.74) is 2.01. The molecular weight excluding hydrogens is 362 g/mol. The van der Waals surface area contributed by atoms with Gasteiger partial charge in [-0.2, -0.15) is 4.98 Å².